The molecule has 254 valence electrons. The molecule has 0 saturated heterocycles. The van der Waals surface area contributed by atoms with Gasteiger partial charge in [0.25, 0.3) is 0 Å². The predicted octanol–water partition coefficient (Wildman–Crippen LogP) is 15.3. The number of rotatable bonds is 7. The average Bonchev–Trinajstić information content (AvgIpc) is 3.64. The Hall–Kier alpha value is -6.74. The van der Waals surface area contributed by atoms with Crippen LogP contribution in [-0.2, 0) is 0 Å². The molecule has 54 heavy (non-hydrogen) atoms. The Bertz CT molecular complexity index is 2910. The van der Waals surface area contributed by atoms with Crippen LogP contribution in [0.25, 0.3) is 75.5 Å². The second kappa shape index (κ2) is 13.7. The van der Waals surface area contributed by atoms with Gasteiger partial charge >= 0.3 is 0 Å². The maximum Gasteiger partial charge on any atom is 0.0640 e. The lowest BCUT2D eigenvalue weighted by molar-refractivity contribution is 1.30. The van der Waals surface area contributed by atoms with E-state index in [4.69, 9.17) is 0 Å². The molecule has 0 aliphatic carbocycles. The van der Waals surface area contributed by atoms with E-state index >= 15 is 0 Å². The normalized spacial score (nSPS) is 11.3. The van der Waals surface area contributed by atoms with Crippen LogP contribution in [0.3, 0.4) is 0 Å². The minimum Gasteiger partial charge on any atom is -0.309 e. The highest BCUT2D eigenvalue weighted by molar-refractivity contribution is 7.26. The first kappa shape index (κ1) is 32.0. The summed E-state index contributed by atoms with van der Waals surface area (Å²) >= 11 is 1.86. The van der Waals surface area contributed by atoms with Gasteiger partial charge in [0.15, 0.2) is 0 Å². The zero-order valence-corrected chi connectivity index (χ0v) is 30.4. The summed E-state index contributed by atoms with van der Waals surface area (Å²) in [6.07, 6.45) is 0. The lowest BCUT2D eigenvalue weighted by Crippen LogP contribution is -2.10. The molecular formula is C52H35NS. The van der Waals surface area contributed by atoms with Crippen molar-refractivity contribution in [3.63, 3.8) is 0 Å². The zero-order valence-electron chi connectivity index (χ0n) is 29.6. The molecule has 0 spiro atoms. The Morgan fingerprint density at radius 3 is 1.59 bits per heavy atom. The van der Waals surface area contributed by atoms with Crippen molar-refractivity contribution in [3.8, 4) is 44.5 Å². The van der Waals surface area contributed by atoms with Crippen molar-refractivity contribution in [3.05, 3.63) is 212 Å². The molecule has 10 rings (SSSR count). The van der Waals surface area contributed by atoms with Gasteiger partial charge in [-0.2, -0.15) is 0 Å². The lowest BCUT2D eigenvalue weighted by atomic mass is 9.90. The zero-order chi connectivity index (χ0) is 35.8. The molecule has 2 heteroatoms. The summed E-state index contributed by atoms with van der Waals surface area (Å²) in [4.78, 5) is 2.41. The van der Waals surface area contributed by atoms with E-state index in [-0.39, 0.29) is 0 Å². The van der Waals surface area contributed by atoms with Crippen LogP contribution >= 0.6 is 11.3 Å². The topological polar surface area (TPSA) is 3.24 Å². The average molecular weight is 706 g/mol. The highest BCUT2D eigenvalue weighted by atomic mass is 32.1. The minimum atomic E-state index is 1.12. The van der Waals surface area contributed by atoms with Crippen LogP contribution in [0.2, 0.25) is 0 Å². The number of thiophene rings is 1. The van der Waals surface area contributed by atoms with Crippen LogP contribution in [0.1, 0.15) is 0 Å². The van der Waals surface area contributed by atoms with E-state index in [1.807, 2.05) is 11.3 Å². The molecule has 9 aromatic carbocycles. The molecule has 0 N–H and O–H groups in total. The summed E-state index contributed by atoms with van der Waals surface area (Å²) in [5, 5.41) is 5.07. The second-order valence-electron chi connectivity index (χ2n) is 13.7. The Labute approximate surface area is 319 Å². The van der Waals surface area contributed by atoms with Crippen LogP contribution < -0.4 is 4.90 Å². The first-order chi connectivity index (χ1) is 26.8. The first-order valence-electron chi connectivity index (χ1n) is 18.4. The molecule has 0 atom stereocenters. The second-order valence-corrected chi connectivity index (χ2v) is 14.8. The van der Waals surface area contributed by atoms with Gasteiger partial charge in [0, 0.05) is 26.8 Å². The molecule has 0 aliphatic heterocycles. The molecule has 10 aromatic rings. The highest BCUT2D eigenvalue weighted by Crippen LogP contribution is 2.45. The fourth-order valence-electron chi connectivity index (χ4n) is 7.86. The smallest absolute Gasteiger partial charge is 0.0640 e. The van der Waals surface area contributed by atoms with Crippen molar-refractivity contribution in [1.29, 1.82) is 0 Å². The van der Waals surface area contributed by atoms with Crippen LogP contribution in [0, 0.1) is 0 Å². The first-order valence-corrected chi connectivity index (χ1v) is 19.2. The van der Waals surface area contributed by atoms with Crippen LogP contribution in [-0.4, -0.2) is 0 Å². The van der Waals surface area contributed by atoms with E-state index in [0.29, 0.717) is 0 Å². The standard InChI is InChI=1S/C52H35NS/c1-3-13-36(14-4-1)37-25-30-42(31-26-37)53(50-23-12-22-49-48-20-9-10-24-51(48)54-52(49)50)43-32-27-38(28-33-43)40-29-34-45-41(35-40)17-11-21-47(45)46-19-8-7-18-44(46)39-15-5-2-6-16-39/h1-35H. The Kier molecular flexibility index (Phi) is 8.09. The van der Waals surface area contributed by atoms with E-state index in [9.17, 15) is 0 Å². The van der Waals surface area contributed by atoms with Gasteiger partial charge < -0.3 is 4.90 Å². The van der Waals surface area contributed by atoms with Crippen molar-refractivity contribution in [1.82, 2.24) is 0 Å². The lowest BCUT2D eigenvalue weighted by Gasteiger charge is -2.26. The van der Waals surface area contributed by atoms with Gasteiger partial charge in [0.1, 0.15) is 0 Å². The molecule has 0 saturated carbocycles. The van der Waals surface area contributed by atoms with Crippen LogP contribution in [0.5, 0.6) is 0 Å². The third-order valence-electron chi connectivity index (χ3n) is 10.5. The van der Waals surface area contributed by atoms with Gasteiger partial charge in [0.05, 0.1) is 10.4 Å². The monoisotopic (exact) mass is 705 g/mol. The number of benzene rings is 9. The Morgan fingerprint density at radius 1 is 0.315 bits per heavy atom. The quantitative estimate of drug-likeness (QED) is 0.160. The molecular weight excluding hydrogens is 671 g/mol. The molecule has 0 unspecified atom stereocenters. The van der Waals surface area contributed by atoms with E-state index in [1.165, 1.54) is 81.1 Å². The Balaban J connectivity index is 1.05. The van der Waals surface area contributed by atoms with Crippen molar-refractivity contribution < 1.29 is 0 Å². The molecule has 1 aromatic heterocycles. The molecule has 0 radical (unpaired) electrons. The number of hydrogen-bond acceptors (Lipinski definition) is 2. The maximum absolute atomic E-state index is 2.41. The summed E-state index contributed by atoms with van der Waals surface area (Å²) in [5.74, 6) is 0. The molecule has 1 heterocycles. The van der Waals surface area contributed by atoms with E-state index in [1.54, 1.807) is 0 Å². The van der Waals surface area contributed by atoms with Gasteiger partial charge in [-0.15, -0.1) is 11.3 Å². The van der Waals surface area contributed by atoms with Crippen molar-refractivity contribution >= 4 is 59.3 Å². The third kappa shape index (κ3) is 5.74. The summed E-state index contributed by atoms with van der Waals surface area (Å²) in [6, 6.07) is 77.0. The molecule has 0 fully saturated rings. The fraction of sp³-hybridized carbons (Fsp3) is 0. The summed E-state index contributed by atoms with van der Waals surface area (Å²) in [7, 11) is 0. The number of hydrogen-bond donors (Lipinski definition) is 0. The fourth-order valence-corrected chi connectivity index (χ4v) is 9.06. The van der Waals surface area contributed by atoms with Crippen LogP contribution in [0.4, 0.5) is 17.1 Å². The van der Waals surface area contributed by atoms with Gasteiger partial charge in [0.2, 0.25) is 0 Å². The number of fused-ring (bicyclic) bond motifs is 4. The molecule has 0 bridgehead atoms. The molecule has 0 aliphatic rings. The van der Waals surface area contributed by atoms with Crippen molar-refractivity contribution in [2.24, 2.45) is 0 Å². The summed E-state index contributed by atoms with van der Waals surface area (Å²) < 4.78 is 2.59. The van der Waals surface area contributed by atoms with Gasteiger partial charge in [-0.1, -0.05) is 170 Å². The van der Waals surface area contributed by atoms with Gasteiger partial charge in [-0.25, -0.2) is 0 Å². The molecule has 0 amide bonds. The number of anilines is 3. The van der Waals surface area contributed by atoms with Gasteiger partial charge in [-0.3, -0.25) is 0 Å². The maximum atomic E-state index is 2.41. The van der Waals surface area contributed by atoms with E-state index < -0.39 is 0 Å². The SMILES string of the molecule is c1ccc(-c2ccc(N(c3ccc(-c4ccc5c(-c6ccccc6-c6ccccc6)cccc5c4)cc3)c3cccc4c3sc3ccccc34)cc2)cc1. The van der Waals surface area contributed by atoms with Crippen molar-refractivity contribution in [2.45, 2.75) is 0 Å². The summed E-state index contributed by atoms with van der Waals surface area (Å²) in [5.41, 5.74) is 13.2. The van der Waals surface area contributed by atoms with Gasteiger partial charge in [-0.05, 0) is 97.7 Å². The highest BCUT2D eigenvalue weighted by Gasteiger charge is 2.19. The minimum absolute atomic E-state index is 1.12. The van der Waals surface area contributed by atoms with Crippen molar-refractivity contribution in [2.75, 3.05) is 4.90 Å². The summed E-state index contributed by atoms with van der Waals surface area (Å²) in [6.45, 7) is 0. The van der Waals surface area contributed by atoms with E-state index in [2.05, 4.69) is 217 Å². The third-order valence-corrected chi connectivity index (χ3v) is 11.7. The van der Waals surface area contributed by atoms with Crippen LogP contribution in [0.15, 0.2) is 212 Å². The Morgan fingerprint density at radius 2 is 0.852 bits per heavy atom. The molecule has 1 nitrogen and oxygen atoms in total. The largest absolute Gasteiger partial charge is 0.309 e. The predicted molar refractivity (Wildman–Crippen MR) is 233 cm³/mol. The van der Waals surface area contributed by atoms with E-state index in [0.717, 1.165) is 11.4 Å². The number of nitrogens with zero attached hydrogens (tertiary/aromatic N) is 1.